The molecule has 1 aromatic rings. The molecule has 1 saturated heterocycles. The second-order valence-corrected chi connectivity index (χ2v) is 6.58. The van der Waals surface area contributed by atoms with Crippen LogP contribution in [0.25, 0.3) is 0 Å². The van der Waals surface area contributed by atoms with Crippen LogP contribution in [0, 0.1) is 40.4 Å². The average Bonchev–Trinajstić information content (AvgIpc) is 2.93. The molecule has 116 valence electrons. The molecule has 2 aliphatic heterocycles. The van der Waals surface area contributed by atoms with Crippen molar-refractivity contribution in [3.63, 3.8) is 0 Å². The highest BCUT2D eigenvalue weighted by Crippen LogP contribution is 2.79. The topological polar surface area (TPSA) is 106 Å². The molecule has 2 heterocycles. The molecule has 3 N–H and O–H groups in total. The van der Waals surface area contributed by atoms with E-state index in [1.807, 2.05) is 38.1 Å². The maximum absolute atomic E-state index is 10.0. The highest BCUT2D eigenvalue weighted by Gasteiger charge is 2.97. The van der Waals surface area contributed by atoms with Gasteiger partial charge in [0.1, 0.15) is 0 Å². The van der Waals surface area contributed by atoms with E-state index in [0.29, 0.717) is 6.61 Å². The van der Waals surface area contributed by atoms with Crippen LogP contribution in [0.2, 0.25) is 0 Å². The third-order valence-corrected chi connectivity index (χ3v) is 5.26. The van der Waals surface area contributed by atoms with Gasteiger partial charge in [-0.15, -0.1) is 0 Å². The minimum atomic E-state index is -1.35. The molecule has 0 amide bonds. The number of rotatable bonds is 1. The molecule has 3 aliphatic rings. The number of benzene rings is 1. The Labute approximate surface area is 134 Å². The minimum absolute atomic E-state index is 0.172. The summed E-state index contributed by atoms with van der Waals surface area (Å²) in [7, 11) is 0. The van der Waals surface area contributed by atoms with Gasteiger partial charge in [0.05, 0.1) is 24.8 Å². The third kappa shape index (κ3) is 1.33. The van der Waals surface area contributed by atoms with E-state index in [4.69, 9.17) is 15.2 Å². The molecule has 1 spiro atoms. The Kier molecular flexibility index (Phi) is 2.54. The van der Waals surface area contributed by atoms with E-state index >= 15 is 0 Å². The zero-order valence-electron chi connectivity index (χ0n) is 13.0. The lowest BCUT2D eigenvalue weighted by molar-refractivity contribution is -0.677. The molecule has 0 unspecified atom stereocenters. The zero-order valence-corrected chi connectivity index (χ0v) is 13.0. The minimum Gasteiger partial charge on any atom is -0.311 e. The standard InChI is InChI=1S/C17H16N4O2/c1-10-4-3-5-12(6-10)13-15(8-18)14(20)21-17(16(13,15)9-19)22-7-11(2)23-17/h3-6,11,13H,7H2,1-2H3,(H2,20,21)/p+1/t11-,13-,15+,16+,17+/m0/s1. The number of nitriles is 2. The highest BCUT2D eigenvalue weighted by molar-refractivity contribution is 5.95. The van der Waals surface area contributed by atoms with Gasteiger partial charge in [0, 0.05) is 5.92 Å². The van der Waals surface area contributed by atoms with Crippen molar-refractivity contribution in [3.8, 4) is 12.1 Å². The number of nitrogens with one attached hydrogen (secondary N) is 1. The maximum Gasteiger partial charge on any atom is 0.343 e. The summed E-state index contributed by atoms with van der Waals surface area (Å²) in [5, 5.41) is 19.9. The average molecular weight is 309 g/mol. The summed E-state index contributed by atoms with van der Waals surface area (Å²) < 4.78 is 11.8. The first-order chi connectivity index (χ1) is 11.0. The number of fused-ring (bicyclic) bond motifs is 2. The normalized spacial score (nSPS) is 43.6. The van der Waals surface area contributed by atoms with Crippen LogP contribution in [0.1, 0.15) is 24.0 Å². The fourth-order valence-corrected chi connectivity index (χ4v) is 4.31. The smallest absolute Gasteiger partial charge is 0.311 e. The number of hydrogen-bond donors (Lipinski definition) is 2. The van der Waals surface area contributed by atoms with Crippen LogP contribution in [0.5, 0.6) is 0 Å². The first kappa shape index (κ1) is 14.2. The number of ether oxygens (including phenoxy) is 2. The van der Waals surface area contributed by atoms with Crippen molar-refractivity contribution in [2.24, 2.45) is 16.6 Å². The van der Waals surface area contributed by atoms with E-state index in [1.165, 1.54) is 0 Å². The molecule has 4 rings (SSSR count). The fraction of sp³-hybridized carbons (Fsp3) is 0.471. The Morgan fingerprint density at radius 1 is 1.35 bits per heavy atom. The third-order valence-electron chi connectivity index (χ3n) is 5.26. The molecule has 23 heavy (non-hydrogen) atoms. The van der Waals surface area contributed by atoms with Crippen molar-refractivity contribution >= 4 is 5.84 Å². The van der Waals surface area contributed by atoms with Gasteiger partial charge in [0.15, 0.2) is 10.8 Å². The van der Waals surface area contributed by atoms with Crippen LogP contribution in [0.3, 0.4) is 0 Å². The van der Waals surface area contributed by atoms with Gasteiger partial charge in [-0.2, -0.15) is 10.5 Å². The molecule has 0 bridgehead atoms. The zero-order chi connectivity index (χ0) is 16.5. The van der Waals surface area contributed by atoms with Gasteiger partial charge < -0.3 is 9.47 Å². The second-order valence-electron chi connectivity index (χ2n) is 6.58. The SMILES string of the molecule is Cc1cccc([C@@H]2[C@@]3(C#N)[C@@]4([NH+]=C(N)[C@@]23C#N)OC[C@H](C)O4)c1. The molecule has 0 aromatic heterocycles. The Morgan fingerprint density at radius 2 is 2.13 bits per heavy atom. The van der Waals surface area contributed by atoms with Gasteiger partial charge in [-0.3, -0.25) is 5.73 Å². The monoisotopic (exact) mass is 309 g/mol. The van der Waals surface area contributed by atoms with E-state index in [2.05, 4.69) is 17.1 Å². The molecular formula is C17H17N4O2+. The summed E-state index contributed by atoms with van der Waals surface area (Å²) in [6.45, 7) is 4.20. The summed E-state index contributed by atoms with van der Waals surface area (Å²) in [5.74, 6) is -1.48. The Bertz CT molecular complexity index is 823. The molecule has 1 aliphatic carbocycles. The van der Waals surface area contributed by atoms with Crippen LogP contribution in [0.4, 0.5) is 0 Å². The van der Waals surface area contributed by atoms with Crippen molar-refractivity contribution in [2.75, 3.05) is 6.61 Å². The highest BCUT2D eigenvalue weighted by atomic mass is 16.8. The van der Waals surface area contributed by atoms with Crippen LogP contribution in [0.15, 0.2) is 24.3 Å². The summed E-state index contributed by atoms with van der Waals surface area (Å²) >= 11 is 0. The Hall–Kier alpha value is -2.41. The number of hydrogen-bond acceptors (Lipinski definition) is 5. The molecule has 1 saturated carbocycles. The molecule has 0 radical (unpaired) electrons. The predicted octanol–water partition coefficient (Wildman–Crippen LogP) is -0.347. The first-order valence-electron chi connectivity index (χ1n) is 7.59. The predicted molar refractivity (Wildman–Crippen MR) is 79.4 cm³/mol. The van der Waals surface area contributed by atoms with Gasteiger partial charge in [-0.05, 0) is 19.4 Å². The number of nitrogens with two attached hydrogens (primary N) is 1. The van der Waals surface area contributed by atoms with Gasteiger partial charge in [0.25, 0.3) is 5.84 Å². The van der Waals surface area contributed by atoms with Crippen molar-refractivity contribution < 1.29 is 14.5 Å². The van der Waals surface area contributed by atoms with Crippen LogP contribution < -0.4 is 10.7 Å². The van der Waals surface area contributed by atoms with Gasteiger partial charge in [-0.25, -0.2) is 4.99 Å². The number of amidine groups is 1. The Balaban J connectivity index is 1.93. The lowest BCUT2D eigenvalue weighted by atomic mass is 9.93. The van der Waals surface area contributed by atoms with E-state index in [1.54, 1.807) is 0 Å². The fourth-order valence-electron chi connectivity index (χ4n) is 4.31. The molecule has 2 fully saturated rings. The van der Waals surface area contributed by atoms with Crippen molar-refractivity contribution in [2.45, 2.75) is 31.8 Å². The van der Waals surface area contributed by atoms with Gasteiger partial charge >= 0.3 is 5.91 Å². The van der Waals surface area contributed by atoms with Gasteiger partial charge in [0.2, 0.25) is 0 Å². The van der Waals surface area contributed by atoms with Crippen molar-refractivity contribution in [3.05, 3.63) is 35.4 Å². The first-order valence-corrected chi connectivity index (χ1v) is 7.59. The van der Waals surface area contributed by atoms with Crippen LogP contribution >= 0.6 is 0 Å². The summed E-state index contributed by atoms with van der Waals surface area (Å²) in [5.41, 5.74) is 5.81. The van der Waals surface area contributed by atoms with Crippen LogP contribution in [-0.2, 0) is 9.47 Å². The second kappa shape index (κ2) is 4.11. The Morgan fingerprint density at radius 3 is 2.70 bits per heavy atom. The molecular weight excluding hydrogens is 292 g/mol. The van der Waals surface area contributed by atoms with Crippen LogP contribution in [-0.4, -0.2) is 24.5 Å². The lowest BCUT2D eigenvalue weighted by Crippen LogP contribution is -2.90. The molecule has 1 aromatic carbocycles. The van der Waals surface area contributed by atoms with E-state index in [-0.39, 0.29) is 17.9 Å². The quantitative estimate of drug-likeness (QED) is 0.738. The largest absolute Gasteiger partial charge is 0.343 e. The number of aryl methyl sites for hydroxylation is 1. The lowest BCUT2D eigenvalue weighted by Gasteiger charge is -2.24. The van der Waals surface area contributed by atoms with Gasteiger partial charge in [-0.1, -0.05) is 29.8 Å². The molecule has 6 heteroatoms. The van der Waals surface area contributed by atoms with Crippen molar-refractivity contribution in [1.82, 2.24) is 0 Å². The molecule has 5 atom stereocenters. The van der Waals surface area contributed by atoms with E-state index in [0.717, 1.165) is 11.1 Å². The maximum atomic E-state index is 10.0. The summed E-state index contributed by atoms with van der Waals surface area (Å²) in [6, 6.07) is 12.4. The van der Waals surface area contributed by atoms with E-state index < -0.39 is 16.7 Å². The summed E-state index contributed by atoms with van der Waals surface area (Å²) in [6.07, 6.45) is -0.172. The van der Waals surface area contributed by atoms with E-state index in [9.17, 15) is 10.5 Å². The number of nitrogens with zero attached hydrogens (tertiary/aromatic N) is 2. The molecule has 6 nitrogen and oxygen atoms in total. The summed E-state index contributed by atoms with van der Waals surface area (Å²) in [4.78, 5) is 2.96. The van der Waals surface area contributed by atoms with Crippen molar-refractivity contribution in [1.29, 1.82) is 10.5 Å².